The second-order valence-corrected chi connectivity index (χ2v) is 13.7. The van der Waals surface area contributed by atoms with Crippen molar-refractivity contribution in [2.75, 3.05) is 11.9 Å². The van der Waals surface area contributed by atoms with E-state index in [0.717, 1.165) is 43.4 Å². The summed E-state index contributed by atoms with van der Waals surface area (Å²) in [6, 6.07) is 7.99. The molecule has 41 heavy (non-hydrogen) atoms. The Hall–Kier alpha value is -2.48. The topological polar surface area (TPSA) is 94.1 Å². The minimum atomic E-state index is -1.17. The highest BCUT2D eigenvalue weighted by atomic mass is 16.7. The first-order valence-electron chi connectivity index (χ1n) is 15.5. The largest absolute Gasteiger partial charge is 0.486 e. The lowest BCUT2D eigenvalue weighted by Gasteiger charge is -2.59. The zero-order valence-corrected chi connectivity index (χ0v) is 25.0. The number of aliphatic hydroxyl groups excluding tert-OH is 1. The lowest BCUT2D eigenvalue weighted by Crippen LogP contribution is -2.63. The fourth-order valence-electron chi connectivity index (χ4n) is 9.24. The van der Waals surface area contributed by atoms with Crippen molar-refractivity contribution in [1.82, 2.24) is 0 Å². The Labute approximate surface area is 243 Å². The molecule has 222 valence electrons. The third-order valence-electron chi connectivity index (χ3n) is 10.9. The van der Waals surface area contributed by atoms with Gasteiger partial charge >= 0.3 is 0 Å². The van der Waals surface area contributed by atoms with E-state index < -0.39 is 23.4 Å². The molecule has 3 saturated carbocycles. The van der Waals surface area contributed by atoms with Gasteiger partial charge in [-0.05, 0) is 94.2 Å². The highest BCUT2D eigenvalue weighted by molar-refractivity contribution is 6.01. The Morgan fingerprint density at radius 2 is 1.98 bits per heavy atom. The number of nitrogens with one attached hydrogen (secondary N) is 1. The molecular weight excluding hydrogens is 518 g/mol. The van der Waals surface area contributed by atoms with Gasteiger partial charge in [0.1, 0.15) is 12.4 Å². The van der Waals surface area contributed by atoms with Gasteiger partial charge in [-0.15, -0.1) is 0 Å². The number of ketones is 2. The number of carbonyl (C=O) groups excluding carboxylic acids is 2. The van der Waals surface area contributed by atoms with Gasteiger partial charge in [0.15, 0.2) is 17.7 Å². The first kappa shape index (κ1) is 28.6. The van der Waals surface area contributed by atoms with Crippen molar-refractivity contribution < 1.29 is 28.9 Å². The zero-order valence-electron chi connectivity index (χ0n) is 25.0. The van der Waals surface area contributed by atoms with Crippen LogP contribution >= 0.6 is 0 Å². The maximum atomic E-state index is 14.4. The minimum absolute atomic E-state index is 0.0171. The summed E-state index contributed by atoms with van der Waals surface area (Å²) in [7, 11) is 0. The van der Waals surface area contributed by atoms with Gasteiger partial charge in [-0.2, -0.15) is 0 Å². The fourth-order valence-corrected chi connectivity index (χ4v) is 9.24. The van der Waals surface area contributed by atoms with E-state index in [1.54, 1.807) is 12.2 Å². The maximum Gasteiger partial charge on any atom is 0.205 e. The van der Waals surface area contributed by atoms with Crippen LogP contribution in [0.25, 0.3) is 0 Å². The molecule has 7 nitrogen and oxygen atoms in total. The highest BCUT2D eigenvalue weighted by Crippen LogP contribution is 2.69. The second kappa shape index (κ2) is 10.4. The summed E-state index contributed by atoms with van der Waals surface area (Å²) in [6.45, 7) is 10.5. The number of anilines is 1. The first-order valence-corrected chi connectivity index (χ1v) is 15.5. The minimum Gasteiger partial charge on any atom is -0.486 e. The molecule has 3 unspecified atom stereocenters. The Morgan fingerprint density at radius 1 is 1.22 bits per heavy atom. The van der Waals surface area contributed by atoms with E-state index >= 15 is 0 Å². The second-order valence-electron chi connectivity index (χ2n) is 13.7. The van der Waals surface area contributed by atoms with Crippen LogP contribution in [0.15, 0.2) is 48.1 Å². The number of benzene rings is 1. The van der Waals surface area contributed by atoms with E-state index in [0.29, 0.717) is 18.2 Å². The summed E-state index contributed by atoms with van der Waals surface area (Å²) in [5.74, 6) is 0.881. The van der Waals surface area contributed by atoms with Crippen LogP contribution in [0.5, 0.6) is 5.75 Å². The molecule has 0 amide bonds. The average molecular weight is 564 g/mol. The van der Waals surface area contributed by atoms with Crippen LogP contribution in [-0.4, -0.2) is 53.4 Å². The van der Waals surface area contributed by atoms with E-state index in [1.165, 1.54) is 0 Å². The summed E-state index contributed by atoms with van der Waals surface area (Å²) >= 11 is 0. The molecular formula is C34H45NO6. The lowest BCUT2D eigenvalue weighted by molar-refractivity contribution is -0.200. The molecule has 2 N–H and O–H groups in total. The summed E-state index contributed by atoms with van der Waals surface area (Å²) in [5, 5.41) is 15.2. The van der Waals surface area contributed by atoms with Crippen molar-refractivity contribution in [2.24, 2.45) is 28.6 Å². The molecule has 1 aliphatic heterocycles. The number of Topliss-reactive ketones (excluding diaryl/α,β-unsaturated/α-hetero) is 1. The Bertz CT molecular complexity index is 1250. The Morgan fingerprint density at radius 3 is 2.68 bits per heavy atom. The van der Waals surface area contributed by atoms with E-state index in [2.05, 4.69) is 39.9 Å². The van der Waals surface area contributed by atoms with Gasteiger partial charge in [0, 0.05) is 28.5 Å². The van der Waals surface area contributed by atoms with Crippen LogP contribution in [0.4, 0.5) is 5.69 Å². The third kappa shape index (κ3) is 4.42. The van der Waals surface area contributed by atoms with Gasteiger partial charge in [0.2, 0.25) is 5.78 Å². The summed E-state index contributed by atoms with van der Waals surface area (Å²) < 4.78 is 19.3. The van der Waals surface area contributed by atoms with E-state index in [9.17, 15) is 14.7 Å². The normalized spacial score (nSPS) is 40.9. The van der Waals surface area contributed by atoms with Crippen molar-refractivity contribution in [3.05, 3.63) is 48.1 Å². The maximum absolute atomic E-state index is 14.4. The SMILES string of the molecule is CCCC1O[C@@H]2C[C@H]3C4CCC5=CC(=O)C=C[C@]5(C)C4[C@@H](O)C[C@]3(C)[C@]2(C(=O)COc2ccc(NC(C)C)cc2)O1. The van der Waals surface area contributed by atoms with Crippen molar-refractivity contribution in [1.29, 1.82) is 0 Å². The molecule has 0 spiro atoms. The number of rotatable bonds is 8. The van der Waals surface area contributed by atoms with E-state index in [-0.39, 0.29) is 47.4 Å². The lowest BCUT2D eigenvalue weighted by atomic mass is 9.46. The molecule has 1 aromatic carbocycles. The average Bonchev–Trinajstić information content (AvgIpc) is 3.40. The molecule has 1 aromatic rings. The summed E-state index contributed by atoms with van der Waals surface area (Å²) in [6.07, 6.45) is 8.50. The monoisotopic (exact) mass is 563 g/mol. The summed E-state index contributed by atoms with van der Waals surface area (Å²) in [5.41, 5.74) is -0.00821. The van der Waals surface area contributed by atoms with Crippen LogP contribution in [0, 0.1) is 28.6 Å². The summed E-state index contributed by atoms with van der Waals surface area (Å²) in [4.78, 5) is 26.5. The van der Waals surface area contributed by atoms with Gasteiger partial charge < -0.3 is 24.6 Å². The molecule has 1 saturated heterocycles. The van der Waals surface area contributed by atoms with Crippen molar-refractivity contribution >= 4 is 17.3 Å². The number of hydrogen-bond acceptors (Lipinski definition) is 7. The first-order chi connectivity index (χ1) is 19.5. The molecule has 0 radical (unpaired) electrons. The predicted molar refractivity (Wildman–Crippen MR) is 156 cm³/mol. The van der Waals surface area contributed by atoms with Crippen LogP contribution in [-0.2, 0) is 19.1 Å². The van der Waals surface area contributed by atoms with Gasteiger partial charge in [-0.1, -0.05) is 38.8 Å². The van der Waals surface area contributed by atoms with Gasteiger partial charge in [-0.25, -0.2) is 0 Å². The van der Waals surface area contributed by atoms with Gasteiger partial charge in [0.05, 0.1) is 12.2 Å². The fraction of sp³-hybridized carbons (Fsp3) is 0.647. The standard InChI is InChI=1S/C34H45NO6/c1-6-7-30-40-29-17-26-25-13-8-21-16-23(36)14-15-32(21,4)31(25)27(37)18-33(26,5)34(29,41-30)28(38)19-39-24-11-9-22(10-12-24)35-20(2)3/h9-12,14-16,20,25-27,29-31,35,37H,6-8,13,17-19H2,1-5H3/t25?,26-,27-,29+,30?,31?,32-,33-,34+/m0/s1. The third-order valence-corrected chi connectivity index (χ3v) is 10.9. The quantitative estimate of drug-likeness (QED) is 0.424. The highest BCUT2D eigenvalue weighted by Gasteiger charge is 2.75. The van der Waals surface area contributed by atoms with Crippen molar-refractivity contribution in [2.45, 2.75) is 103 Å². The van der Waals surface area contributed by atoms with Crippen molar-refractivity contribution in [3.63, 3.8) is 0 Å². The zero-order chi connectivity index (χ0) is 29.2. The number of allylic oxidation sites excluding steroid dienone is 4. The smallest absolute Gasteiger partial charge is 0.205 e. The van der Waals surface area contributed by atoms with Crippen LogP contribution in [0.3, 0.4) is 0 Å². The van der Waals surface area contributed by atoms with Crippen LogP contribution in [0.1, 0.15) is 73.1 Å². The molecule has 7 heteroatoms. The molecule has 1 heterocycles. The molecule has 6 rings (SSSR count). The molecule has 4 aliphatic carbocycles. The number of aliphatic hydroxyl groups is 1. The molecule has 0 aromatic heterocycles. The van der Waals surface area contributed by atoms with Gasteiger partial charge in [-0.3, -0.25) is 9.59 Å². The predicted octanol–water partition coefficient (Wildman–Crippen LogP) is 5.62. The van der Waals surface area contributed by atoms with Crippen LogP contribution in [0.2, 0.25) is 0 Å². The van der Waals surface area contributed by atoms with Crippen molar-refractivity contribution in [3.8, 4) is 5.75 Å². The molecule has 0 bridgehead atoms. The Balaban J connectivity index is 1.29. The molecule has 4 fully saturated rings. The molecule has 5 aliphatic rings. The number of ether oxygens (including phenoxy) is 3. The van der Waals surface area contributed by atoms with E-state index in [4.69, 9.17) is 14.2 Å². The Kier molecular flexibility index (Phi) is 7.23. The van der Waals surface area contributed by atoms with Gasteiger partial charge in [0.25, 0.3) is 0 Å². The number of carbonyl (C=O) groups is 2. The van der Waals surface area contributed by atoms with E-state index in [1.807, 2.05) is 30.3 Å². The molecule has 9 atom stereocenters. The van der Waals surface area contributed by atoms with Crippen LogP contribution < -0.4 is 10.1 Å². The number of hydrogen-bond donors (Lipinski definition) is 2. The number of fused-ring (bicyclic) bond motifs is 7.